The largest absolute Gasteiger partial charge is 0.481 e. The van der Waals surface area contributed by atoms with Crippen molar-refractivity contribution in [2.24, 2.45) is 5.92 Å². The van der Waals surface area contributed by atoms with Crippen molar-refractivity contribution in [1.82, 2.24) is 10.3 Å². The maximum Gasteiger partial charge on any atom is 0.226 e. The van der Waals surface area contributed by atoms with E-state index >= 15 is 0 Å². The number of aromatic nitrogens is 1. The van der Waals surface area contributed by atoms with Gasteiger partial charge in [-0.05, 0) is 18.9 Å². The van der Waals surface area contributed by atoms with Crippen molar-refractivity contribution < 1.29 is 14.3 Å². The van der Waals surface area contributed by atoms with Gasteiger partial charge in [0.15, 0.2) is 0 Å². The number of hydrogen-bond donors (Lipinski definition) is 1. The lowest BCUT2D eigenvalue weighted by atomic mass is 9.99. The van der Waals surface area contributed by atoms with Crippen LogP contribution >= 0.6 is 0 Å². The van der Waals surface area contributed by atoms with Crippen molar-refractivity contribution in [2.75, 3.05) is 13.7 Å². The summed E-state index contributed by atoms with van der Waals surface area (Å²) in [6.45, 7) is 3.14. The first-order valence-corrected chi connectivity index (χ1v) is 6.63. The lowest BCUT2D eigenvalue weighted by Crippen LogP contribution is -2.34. The van der Waals surface area contributed by atoms with Gasteiger partial charge in [0.1, 0.15) is 0 Å². The molecule has 1 fully saturated rings. The molecule has 0 unspecified atom stereocenters. The molecule has 0 bridgehead atoms. The van der Waals surface area contributed by atoms with E-state index in [1.54, 1.807) is 13.2 Å². The average molecular weight is 264 g/mol. The van der Waals surface area contributed by atoms with Crippen molar-refractivity contribution in [3.63, 3.8) is 0 Å². The molecule has 1 aliphatic rings. The van der Waals surface area contributed by atoms with Crippen molar-refractivity contribution in [1.29, 1.82) is 0 Å². The van der Waals surface area contributed by atoms with Crippen LogP contribution in [-0.4, -0.2) is 30.7 Å². The van der Waals surface area contributed by atoms with Crippen molar-refractivity contribution in [3.8, 4) is 5.88 Å². The Labute approximate surface area is 113 Å². The van der Waals surface area contributed by atoms with Crippen LogP contribution in [0.3, 0.4) is 0 Å². The molecule has 1 saturated heterocycles. The van der Waals surface area contributed by atoms with Crippen LogP contribution in [0.5, 0.6) is 5.88 Å². The zero-order valence-corrected chi connectivity index (χ0v) is 11.4. The minimum Gasteiger partial charge on any atom is -0.481 e. The third-order valence-corrected chi connectivity index (χ3v) is 3.38. The molecule has 19 heavy (non-hydrogen) atoms. The molecule has 5 nitrogen and oxygen atoms in total. The van der Waals surface area contributed by atoms with Gasteiger partial charge in [-0.2, -0.15) is 0 Å². The van der Waals surface area contributed by atoms with E-state index < -0.39 is 0 Å². The third kappa shape index (κ3) is 3.44. The highest BCUT2D eigenvalue weighted by Crippen LogP contribution is 2.23. The first-order valence-electron chi connectivity index (χ1n) is 6.63. The molecule has 0 saturated carbocycles. The van der Waals surface area contributed by atoms with Crippen LogP contribution in [0.25, 0.3) is 0 Å². The van der Waals surface area contributed by atoms with E-state index in [1.165, 1.54) is 0 Å². The summed E-state index contributed by atoms with van der Waals surface area (Å²) < 4.78 is 10.6. The van der Waals surface area contributed by atoms with E-state index in [2.05, 4.69) is 10.3 Å². The Morgan fingerprint density at radius 3 is 3.16 bits per heavy atom. The Kier molecular flexibility index (Phi) is 4.74. The summed E-state index contributed by atoms with van der Waals surface area (Å²) in [5, 5.41) is 2.92. The zero-order valence-electron chi connectivity index (χ0n) is 11.4. The maximum atomic E-state index is 12.1. The summed E-state index contributed by atoms with van der Waals surface area (Å²) in [5.74, 6) is 0.576. The number of ether oxygens (including phenoxy) is 2. The number of carbonyl (C=O) groups is 1. The molecule has 1 amide bonds. The van der Waals surface area contributed by atoms with Crippen LogP contribution < -0.4 is 10.1 Å². The molecule has 2 atom stereocenters. The van der Waals surface area contributed by atoms with Crippen LogP contribution in [0, 0.1) is 5.92 Å². The lowest BCUT2D eigenvalue weighted by Gasteiger charge is -2.16. The van der Waals surface area contributed by atoms with Crippen LogP contribution in [0.2, 0.25) is 0 Å². The molecule has 5 heteroatoms. The average Bonchev–Trinajstić information content (AvgIpc) is 2.93. The Hall–Kier alpha value is -1.62. The molecule has 2 rings (SSSR count). The molecule has 0 radical (unpaired) electrons. The molecule has 1 aromatic heterocycles. The third-order valence-electron chi connectivity index (χ3n) is 3.38. The van der Waals surface area contributed by atoms with Gasteiger partial charge in [-0.15, -0.1) is 0 Å². The first kappa shape index (κ1) is 13.8. The molecule has 1 N–H and O–H groups in total. The molecular weight excluding hydrogens is 244 g/mol. The number of carbonyl (C=O) groups excluding carboxylic acids is 1. The van der Waals surface area contributed by atoms with E-state index in [4.69, 9.17) is 9.47 Å². The molecular formula is C14H20N2O3. The summed E-state index contributed by atoms with van der Waals surface area (Å²) in [7, 11) is 1.58. The number of hydrogen-bond acceptors (Lipinski definition) is 4. The van der Waals surface area contributed by atoms with Gasteiger partial charge in [0.25, 0.3) is 0 Å². The van der Waals surface area contributed by atoms with Crippen molar-refractivity contribution in [2.45, 2.75) is 32.4 Å². The van der Waals surface area contributed by atoms with Crippen LogP contribution in [0.1, 0.15) is 25.5 Å². The van der Waals surface area contributed by atoms with Gasteiger partial charge >= 0.3 is 0 Å². The highest BCUT2D eigenvalue weighted by atomic mass is 16.5. The molecule has 1 aromatic rings. The Morgan fingerprint density at radius 2 is 2.42 bits per heavy atom. The van der Waals surface area contributed by atoms with Crippen LogP contribution in [0.15, 0.2) is 18.2 Å². The molecule has 0 spiro atoms. The topological polar surface area (TPSA) is 60.5 Å². The predicted molar refractivity (Wildman–Crippen MR) is 70.8 cm³/mol. The molecule has 1 aliphatic heterocycles. The van der Waals surface area contributed by atoms with Crippen LogP contribution in [0.4, 0.5) is 0 Å². The number of pyridine rings is 1. The normalized spacial score (nSPS) is 22.2. The van der Waals surface area contributed by atoms with E-state index in [0.29, 0.717) is 19.0 Å². The Balaban J connectivity index is 1.89. The van der Waals surface area contributed by atoms with E-state index in [-0.39, 0.29) is 17.9 Å². The second-order valence-corrected chi connectivity index (χ2v) is 4.60. The van der Waals surface area contributed by atoms with Gasteiger partial charge in [-0.25, -0.2) is 4.98 Å². The van der Waals surface area contributed by atoms with E-state index in [0.717, 1.165) is 18.5 Å². The number of rotatable bonds is 5. The number of amides is 1. The monoisotopic (exact) mass is 264 g/mol. The lowest BCUT2D eigenvalue weighted by molar-refractivity contribution is -0.126. The molecule has 104 valence electrons. The zero-order chi connectivity index (χ0) is 13.7. The summed E-state index contributed by atoms with van der Waals surface area (Å²) in [6, 6.07) is 5.51. The smallest absolute Gasteiger partial charge is 0.226 e. The summed E-state index contributed by atoms with van der Waals surface area (Å²) >= 11 is 0. The Bertz CT molecular complexity index is 436. The second kappa shape index (κ2) is 6.52. The number of nitrogens with zero attached hydrogens (tertiary/aromatic N) is 1. The SMILES string of the molecule is CC[C@@H]1OCC[C@H]1C(=O)NCc1cccc(OC)n1. The quantitative estimate of drug-likeness (QED) is 0.876. The van der Waals surface area contributed by atoms with Gasteiger partial charge < -0.3 is 14.8 Å². The minimum atomic E-state index is -0.0318. The number of nitrogens with one attached hydrogen (secondary N) is 1. The molecule has 2 heterocycles. The summed E-state index contributed by atoms with van der Waals surface area (Å²) in [6.07, 6.45) is 1.73. The Morgan fingerprint density at radius 1 is 1.58 bits per heavy atom. The second-order valence-electron chi connectivity index (χ2n) is 4.60. The number of methoxy groups -OCH3 is 1. The molecule has 0 aliphatic carbocycles. The predicted octanol–water partition coefficient (Wildman–Crippen LogP) is 1.52. The van der Waals surface area contributed by atoms with Crippen molar-refractivity contribution in [3.05, 3.63) is 23.9 Å². The fraction of sp³-hybridized carbons (Fsp3) is 0.571. The van der Waals surface area contributed by atoms with Gasteiger partial charge in [0.2, 0.25) is 11.8 Å². The summed E-state index contributed by atoms with van der Waals surface area (Å²) in [5.41, 5.74) is 0.791. The standard InChI is InChI=1S/C14H20N2O3/c1-3-12-11(7-8-19-12)14(17)15-9-10-5-4-6-13(16-10)18-2/h4-6,11-12H,3,7-9H2,1-2H3,(H,15,17)/t11-,12+/m1/s1. The minimum absolute atomic E-state index is 0.0318. The fourth-order valence-corrected chi connectivity index (χ4v) is 2.33. The first-order chi connectivity index (χ1) is 9.24. The van der Waals surface area contributed by atoms with Gasteiger partial charge in [0.05, 0.1) is 31.4 Å². The maximum absolute atomic E-state index is 12.1. The van der Waals surface area contributed by atoms with Crippen LogP contribution in [-0.2, 0) is 16.1 Å². The fourth-order valence-electron chi connectivity index (χ4n) is 2.33. The van der Waals surface area contributed by atoms with Gasteiger partial charge in [0, 0.05) is 12.7 Å². The van der Waals surface area contributed by atoms with Crippen molar-refractivity contribution >= 4 is 5.91 Å². The highest BCUT2D eigenvalue weighted by molar-refractivity contribution is 5.79. The molecule has 0 aromatic carbocycles. The van der Waals surface area contributed by atoms with E-state index in [9.17, 15) is 4.79 Å². The van der Waals surface area contributed by atoms with E-state index in [1.807, 2.05) is 19.1 Å². The van der Waals surface area contributed by atoms with Gasteiger partial charge in [-0.3, -0.25) is 4.79 Å². The summed E-state index contributed by atoms with van der Waals surface area (Å²) in [4.78, 5) is 16.4. The van der Waals surface area contributed by atoms with Gasteiger partial charge in [-0.1, -0.05) is 13.0 Å². The highest BCUT2D eigenvalue weighted by Gasteiger charge is 2.32.